The minimum atomic E-state index is -0.951. The van der Waals surface area contributed by atoms with Gasteiger partial charge < -0.3 is 28.8 Å². The van der Waals surface area contributed by atoms with Crippen LogP contribution in [0.4, 0.5) is 0 Å². The van der Waals surface area contributed by atoms with Gasteiger partial charge in [0.25, 0.3) is 0 Å². The van der Waals surface area contributed by atoms with E-state index in [9.17, 15) is 19.5 Å². The van der Waals surface area contributed by atoms with Gasteiger partial charge in [0.2, 0.25) is 6.29 Å². The van der Waals surface area contributed by atoms with Gasteiger partial charge >= 0.3 is 17.9 Å². The van der Waals surface area contributed by atoms with E-state index in [0.29, 0.717) is 29.7 Å². The first-order valence-corrected chi connectivity index (χ1v) is 12.5. The fraction of sp³-hybridized carbons (Fsp3) is 0.500. The van der Waals surface area contributed by atoms with Crippen molar-refractivity contribution in [2.24, 2.45) is 0 Å². The molecular formula is C26H30O9S. The van der Waals surface area contributed by atoms with E-state index in [4.69, 9.17) is 30.1 Å². The van der Waals surface area contributed by atoms with Crippen molar-refractivity contribution in [3.63, 3.8) is 0 Å². The molecule has 0 amide bonds. The van der Waals surface area contributed by atoms with E-state index in [1.54, 1.807) is 19.1 Å². The molecule has 0 aliphatic carbocycles. The minimum absolute atomic E-state index is 0.141. The molecule has 0 saturated carbocycles. The molecule has 2 heterocycles. The highest BCUT2D eigenvalue weighted by atomic mass is 32.1. The Morgan fingerprint density at radius 2 is 2.08 bits per heavy atom. The molecule has 0 bridgehead atoms. The van der Waals surface area contributed by atoms with Crippen molar-refractivity contribution >= 4 is 39.3 Å². The summed E-state index contributed by atoms with van der Waals surface area (Å²) in [4.78, 5) is 36.4. The molecule has 1 aromatic heterocycles. The van der Waals surface area contributed by atoms with Crippen molar-refractivity contribution < 1.29 is 43.2 Å². The Morgan fingerprint density at radius 1 is 1.31 bits per heavy atom. The zero-order valence-corrected chi connectivity index (χ0v) is 21.3. The summed E-state index contributed by atoms with van der Waals surface area (Å²) in [6.07, 6.45) is 3.31. The van der Waals surface area contributed by atoms with Crippen LogP contribution in [0.1, 0.15) is 56.1 Å². The van der Waals surface area contributed by atoms with Crippen molar-refractivity contribution in [2.75, 3.05) is 13.7 Å². The highest BCUT2D eigenvalue weighted by Crippen LogP contribution is 2.40. The highest BCUT2D eigenvalue weighted by Gasteiger charge is 2.37. The molecule has 1 unspecified atom stereocenters. The van der Waals surface area contributed by atoms with Gasteiger partial charge in [-0.3, -0.25) is 9.59 Å². The summed E-state index contributed by atoms with van der Waals surface area (Å²) >= 11 is 1.43. The molecule has 1 N–H and O–H groups in total. The Kier molecular flexibility index (Phi) is 9.70. The number of aliphatic hydroxyl groups excluding tert-OH is 1. The number of benzene rings is 1. The van der Waals surface area contributed by atoms with Gasteiger partial charge in [-0.1, -0.05) is 6.07 Å². The molecule has 4 atom stereocenters. The normalized spacial score (nSPS) is 20.2. The molecule has 1 fully saturated rings. The van der Waals surface area contributed by atoms with E-state index >= 15 is 0 Å². The van der Waals surface area contributed by atoms with Crippen molar-refractivity contribution in [1.29, 1.82) is 0 Å². The van der Waals surface area contributed by atoms with E-state index < -0.39 is 36.5 Å². The van der Waals surface area contributed by atoms with E-state index in [-0.39, 0.29) is 31.7 Å². The van der Waals surface area contributed by atoms with Crippen molar-refractivity contribution in [2.45, 2.75) is 70.6 Å². The summed E-state index contributed by atoms with van der Waals surface area (Å²) in [6.45, 7) is 3.36. The van der Waals surface area contributed by atoms with Gasteiger partial charge in [-0.05, 0) is 31.0 Å². The van der Waals surface area contributed by atoms with Crippen LogP contribution in [0, 0.1) is 12.3 Å². The fourth-order valence-electron chi connectivity index (χ4n) is 4.01. The van der Waals surface area contributed by atoms with Crippen LogP contribution < -0.4 is 4.74 Å². The lowest BCUT2D eigenvalue weighted by Crippen LogP contribution is -2.44. The third-order valence-corrected chi connectivity index (χ3v) is 6.82. The summed E-state index contributed by atoms with van der Waals surface area (Å²) < 4.78 is 27.9. The van der Waals surface area contributed by atoms with Gasteiger partial charge in [0.15, 0.2) is 6.10 Å². The van der Waals surface area contributed by atoms with Gasteiger partial charge in [-0.2, -0.15) is 0 Å². The third-order valence-electron chi connectivity index (χ3n) is 5.58. The molecule has 10 heteroatoms. The Hall–Kier alpha value is -3.13. The maximum Gasteiger partial charge on any atom is 0.335 e. The number of aryl methyl sites for hydroxylation is 1. The summed E-state index contributed by atoms with van der Waals surface area (Å²) in [5, 5.41) is 11.3. The van der Waals surface area contributed by atoms with Crippen molar-refractivity contribution in [1.82, 2.24) is 0 Å². The number of fused-ring (bicyclic) bond motifs is 1. The number of carbonyl (C=O) groups is 3. The minimum Gasteiger partial charge on any atom is -0.467 e. The lowest BCUT2D eigenvalue weighted by atomic mass is 10.0. The number of methoxy groups -OCH3 is 1. The molecule has 1 saturated heterocycles. The van der Waals surface area contributed by atoms with Gasteiger partial charge in [0.1, 0.15) is 11.9 Å². The number of thiophene rings is 1. The van der Waals surface area contributed by atoms with Crippen LogP contribution in [0.3, 0.4) is 0 Å². The molecule has 0 spiro atoms. The number of esters is 3. The lowest BCUT2D eigenvalue weighted by molar-refractivity contribution is -0.204. The van der Waals surface area contributed by atoms with Crippen LogP contribution in [0.25, 0.3) is 10.1 Å². The zero-order valence-electron chi connectivity index (χ0n) is 20.5. The van der Waals surface area contributed by atoms with E-state index in [1.807, 2.05) is 6.07 Å². The fourth-order valence-corrected chi connectivity index (χ4v) is 5.25. The Bertz CT molecular complexity index is 1130. The number of rotatable bonds is 10. The average molecular weight is 519 g/mol. The maximum atomic E-state index is 12.1. The highest BCUT2D eigenvalue weighted by molar-refractivity contribution is 7.19. The number of hydrogen-bond acceptors (Lipinski definition) is 10. The molecule has 1 aromatic carbocycles. The second-order valence-corrected chi connectivity index (χ2v) is 9.37. The molecule has 2 aromatic rings. The molecule has 9 nitrogen and oxygen atoms in total. The van der Waals surface area contributed by atoms with Crippen LogP contribution in [0.5, 0.6) is 5.75 Å². The third kappa shape index (κ3) is 6.97. The van der Waals surface area contributed by atoms with Gasteiger partial charge in [0, 0.05) is 41.1 Å². The number of hydrogen-bond donors (Lipinski definition) is 1. The number of aliphatic hydroxyl groups is 1. The number of carbonyl (C=O) groups excluding carboxylic acids is 3. The Balaban J connectivity index is 1.91. The molecular weight excluding hydrogens is 488 g/mol. The first kappa shape index (κ1) is 27.5. The van der Waals surface area contributed by atoms with Crippen LogP contribution in [-0.4, -0.2) is 55.2 Å². The van der Waals surface area contributed by atoms with Gasteiger partial charge in [-0.15, -0.1) is 23.7 Å². The molecule has 36 heavy (non-hydrogen) atoms. The Labute approximate surface area is 213 Å². The smallest absolute Gasteiger partial charge is 0.335 e. The van der Waals surface area contributed by atoms with Crippen LogP contribution in [0.15, 0.2) is 18.2 Å². The van der Waals surface area contributed by atoms with Crippen LogP contribution >= 0.6 is 11.3 Å². The topological polar surface area (TPSA) is 118 Å². The van der Waals surface area contributed by atoms with Gasteiger partial charge in [-0.25, -0.2) is 4.79 Å². The first-order valence-electron chi connectivity index (χ1n) is 11.6. The summed E-state index contributed by atoms with van der Waals surface area (Å²) in [6, 6.07) is 5.32. The molecule has 194 valence electrons. The number of ether oxygens (including phenoxy) is 5. The summed E-state index contributed by atoms with van der Waals surface area (Å²) in [5.74, 6) is 1.58. The lowest BCUT2D eigenvalue weighted by Gasteiger charge is -2.33. The Morgan fingerprint density at radius 3 is 2.75 bits per heavy atom. The molecule has 3 rings (SSSR count). The SMILES string of the molecule is C#CCC(O)c1ccc(O[C@H]2C[C@@H](OC(C)=O)C[C@@H](C(=O)OC)O2)c2cc(CCC(=O)OCC)sc12. The summed E-state index contributed by atoms with van der Waals surface area (Å²) in [5.41, 5.74) is 0.650. The summed E-state index contributed by atoms with van der Waals surface area (Å²) in [7, 11) is 1.25. The van der Waals surface area contributed by atoms with Crippen molar-refractivity contribution in [3.8, 4) is 18.1 Å². The second kappa shape index (κ2) is 12.7. The molecule has 1 aliphatic rings. The first-order chi connectivity index (χ1) is 17.2. The maximum absolute atomic E-state index is 12.1. The van der Waals surface area contributed by atoms with E-state index in [1.165, 1.54) is 25.4 Å². The predicted octanol–water partition coefficient (Wildman–Crippen LogP) is 3.44. The van der Waals surface area contributed by atoms with Crippen molar-refractivity contribution in [3.05, 3.63) is 28.6 Å². The molecule has 1 aliphatic heterocycles. The van der Waals surface area contributed by atoms with Crippen LogP contribution in [-0.2, 0) is 39.8 Å². The second-order valence-electron chi connectivity index (χ2n) is 8.24. The van der Waals surface area contributed by atoms with E-state index in [0.717, 1.165) is 9.58 Å². The largest absolute Gasteiger partial charge is 0.467 e. The van der Waals surface area contributed by atoms with Crippen LogP contribution in [0.2, 0.25) is 0 Å². The number of terminal acetylenes is 1. The predicted molar refractivity (Wildman–Crippen MR) is 131 cm³/mol. The van der Waals surface area contributed by atoms with Gasteiger partial charge in [0.05, 0.1) is 26.2 Å². The standard InChI is InChI=1S/C26H30O9S/c1-5-7-20(28)18-9-10-21(19-14-17(36-25(18)19)8-11-23(29)32-6-2)34-24-13-16(33-15(3)27)12-22(35-24)26(30)31-4/h1,9-10,14,16,20,22,24,28H,6-8,11-13H2,2-4H3/t16-,20?,22-,24+/m0/s1. The quantitative estimate of drug-likeness (QED) is 0.287. The zero-order chi connectivity index (χ0) is 26.2. The molecule has 0 radical (unpaired) electrons. The van der Waals surface area contributed by atoms with E-state index in [2.05, 4.69) is 5.92 Å². The monoisotopic (exact) mass is 518 g/mol. The average Bonchev–Trinajstić information content (AvgIpc) is 3.27.